The SMILES string of the molecule is CC1(C)c2ccccc2-c2c(-c3ccccc3N(c3ccccc3-c3ccc4c(c3)oc3ccccc34)c3cccc4c3c3ccccc3n4-c3ccccc3)cccc21. The lowest BCUT2D eigenvalue weighted by Gasteiger charge is -2.31. The highest BCUT2D eigenvalue weighted by atomic mass is 16.3. The van der Waals surface area contributed by atoms with Gasteiger partial charge in [-0.3, -0.25) is 0 Å². The molecule has 60 heavy (non-hydrogen) atoms. The summed E-state index contributed by atoms with van der Waals surface area (Å²) in [7, 11) is 0. The highest BCUT2D eigenvalue weighted by Gasteiger charge is 2.37. The van der Waals surface area contributed by atoms with Gasteiger partial charge in [0.25, 0.3) is 0 Å². The third-order valence-corrected chi connectivity index (χ3v) is 12.8. The molecule has 0 unspecified atom stereocenters. The Morgan fingerprint density at radius 1 is 0.417 bits per heavy atom. The summed E-state index contributed by atoms with van der Waals surface area (Å²) in [6.45, 7) is 4.72. The van der Waals surface area contributed by atoms with Crippen LogP contribution in [0.4, 0.5) is 17.1 Å². The highest BCUT2D eigenvalue weighted by molar-refractivity contribution is 6.17. The maximum atomic E-state index is 6.48. The number of benzene rings is 9. The number of hydrogen-bond acceptors (Lipinski definition) is 2. The lowest BCUT2D eigenvalue weighted by atomic mass is 9.82. The molecule has 3 nitrogen and oxygen atoms in total. The molecule has 2 heterocycles. The zero-order valence-corrected chi connectivity index (χ0v) is 33.4. The van der Waals surface area contributed by atoms with Gasteiger partial charge in [0, 0.05) is 43.8 Å². The van der Waals surface area contributed by atoms with Gasteiger partial charge in [0.2, 0.25) is 0 Å². The van der Waals surface area contributed by atoms with Crippen molar-refractivity contribution < 1.29 is 4.42 Å². The van der Waals surface area contributed by atoms with Crippen molar-refractivity contribution in [1.82, 2.24) is 4.57 Å². The van der Waals surface area contributed by atoms with Crippen LogP contribution in [0.15, 0.2) is 211 Å². The van der Waals surface area contributed by atoms with Crippen molar-refractivity contribution in [3.05, 3.63) is 217 Å². The summed E-state index contributed by atoms with van der Waals surface area (Å²) in [6.07, 6.45) is 0. The number of para-hydroxylation sites is 5. The number of aromatic nitrogens is 1. The van der Waals surface area contributed by atoms with Crippen LogP contribution in [0, 0.1) is 0 Å². The number of anilines is 3. The van der Waals surface area contributed by atoms with Crippen LogP contribution in [0.2, 0.25) is 0 Å². The van der Waals surface area contributed by atoms with Crippen molar-refractivity contribution in [3.8, 4) is 39.1 Å². The largest absolute Gasteiger partial charge is 0.456 e. The normalized spacial score (nSPS) is 13.0. The third-order valence-electron chi connectivity index (χ3n) is 12.8. The van der Waals surface area contributed by atoms with Crippen molar-refractivity contribution in [2.75, 3.05) is 4.90 Å². The molecule has 284 valence electrons. The molecular weight excluding hydrogens is 729 g/mol. The number of furan rings is 1. The lowest BCUT2D eigenvalue weighted by Crippen LogP contribution is -2.15. The van der Waals surface area contributed by atoms with Crippen LogP contribution in [0.3, 0.4) is 0 Å². The van der Waals surface area contributed by atoms with Gasteiger partial charge < -0.3 is 13.9 Å². The Kier molecular flexibility index (Phi) is 7.58. The van der Waals surface area contributed by atoms with E-state index in [-0.39, 0.29) is 5.41 Å². The number of fused-ring (bicyclic) bond motifs is 9. The van der Waals surface area contributed by atoms with Crippen molar-refractivity contribution in [2.45, 2.75) is 19.3 Å². The molecule has 2 aromatic heterocycles. The lowest BCUT2D eigenvalue weighted by molar-refractivity contribution is 0.660. The first-order chi connectivity index (χ1) is 29.6. The predicted octanol–water partition coefficient (Wildman–Crippen LogP) is 15.8. The van der Waals surface area contributed by atoms with E-state index in [0.29, 0.717) is 0 Å². The van der Waals surface area contributed by atoms with Crippen LogP contribution >= 0.6 is 0 Å². The molecule has 0 saturated carbocycles. The van der Waals surface area contributed by atoms with Gasteiger partial charge in [-0.25, -0.2) is 0 Å². The fraction of sp³-hybridized carbons (Fsp3) is 0.0526. The Bertz CT molecular complexity index is 3480. The molecule has 0 spiro atoms. The summed E-state index contributed by atoms with van der Waals surface area (Å²) in [5.74, 6) is 0. The van der Waals surface area contributed by atoms with Gasteiger partial charge in [-0.05, 0) is 94.0 Å². The van der Waals surface area contributed by atoms with E-state index >= 15 is 0 Å². The topological polar surface area (TPSA) is 21.3 Å². The smallest absolute Gasteiger partial charge is 0.136 e. The molecule has 0 fully saturated rings. The van der Waals surface area contributed by atoms with Crippen LogP contribution in [0.25, 0.3) is 82.8 Å². The Morgan fingerprint density at radius 3 is 1.85 bits per heavy atom. The van der Waals surface area contributed by atoms with Crippen LogP contribution in [-0.2, 0) is 5.41 Å². The molecule has 0 N–H and O–H groups in total. The highest BCUT2D eigenvalue weighted by Crippen LogP contribution is 2.55. The van der Waals surface area contributed by atoms with Gasteiger partial charge in [0.05, 0.1) is 28.1 Å². The zero-order chi connectivity index (χ0) is 40.0. The minimum Gasteiger partial charge on any atom is -0.456 e. The van der Waals surface area contributed by atoms with Crippen molar-refractivity contribution >= 4 is 60.8 Å². The third kappa shape index (κ3) is 5.02. The van der Waals surface area contributed by atoms with Gasteiger partial charge in [-0.1, -0.05) is 159 Å². The fourth-order valence-corrected chi connectivity index (χ4v) is 10.1. The second kappa shape index (κ2) is 13.2. The van der Waals surface area contributed by atoms with Crippen molar-refractivity contribution in [1.29, 1.82) is 0 Å². The van der Waals surface area contributed by atoms with Gasteiger partial charge >= 0.3 is 0 Å². The molecule has 0 saturated heterocycles. The van der Waals surface area contributed by atoms with Gasteiger partial charge in [0.15, 0.2) is 0 Å². The molecule has 0 amide bonds. The van der Waals surface area contributed by atoms with Crippen LogP contribution < -0.4 is 4.90 Å². The summed E-state index contributed by atoms with van der Waals surface area (Å²) in [5.41, 5.74) is 18.4. The van der Waals surface area contributed by atoms with Crippen LogP contribution in [-0.4, -0.2) is 4.57 Å². The molecule has 0 bridgehead atoms. The van der Waals surface area contributed by atoms with E-state index in [4.69, 9.17) is 4.42 Å². The van der Waals surface area contributed by atoms with Crippen LogP contribution in [0.5, 0.6) is 0 Å². The molecule has 12 rings (SSSR count). The maximum absolute atomic E-state index is 6.48. The first-order valence-electron chi connectivity index (χ1n) is 20.8. The second-order valence-electron chi connectivity index (χ2n) is 16.4. The minimum atomic E-state index is -0.122. The van der Waals surface area contributed by atoms with Crippen LogP contribution in [0.1, 0.15) is 25.0 Å². The van der Waals surface area contributed by atoms with E-state index < -0.39 is 0 Å². The van der Waals surface area contributed by atoms with Crippen molar-refractivity contribution in [2.24, 2.45) is 0 Å². The van der Waals surface area contributed by atoms with E-state index in [1.54, 1.807) is 0 Å². The number of hydrogen-bond donors (Lipinski definition) is 0. The molecule has 0 aliphatic heterocycles. The molecule has 1 aliphatic rings. The van der Waals surface area contributed by atoms with E-state index in [1.807, 2.05) is 12.1 Å². The van der Waals surface area contributed by atoms with E-state index in [2.05, 4.69) is 217 Å². The molecule has 3 heteroatoms. The first-order valence-corrected chi connectivity index (χ1v) is 20.8. The van der Waals surface area contributed by atoms with E-state index in [9.17, 15) is 0 Å². The molecular formula is C57H40N2O. The summed E-state index contributed by atoms with van der Waals surface area (Å²) in [4.78, 5) is 2.52. The average molecular weight is 769 g/mol. The summed E-state index contributed by atoms with van der Waals surface area (Å²) >= 11 is 0. The Morgan fingerprint density at radius 2 is 1.00 bits per heavy atom. The first kappa shape index (κ1) is 34.4. The summed E-state index contributed by atoms with van der Waals surface area (Å²) in [5, 5.41) is 4.64. The molecule has 0 atom stereocenters. The fourth-order valence-electron chi connectivity index (χ4n) is 10.1. The van der Waals surface area contributed by atoms with E-state index in [0.717, 1.165) is 61.3 Å². The number of rotatable bonds is 6. The molecule has 9 aromatic carbocycles. The monoisotopic (exact) mass is 768 g/mol. The second-order valence-corrected chi connectivity index (χ2v) is 16.4. The van der Waals surface area contributed by atoms with E-state index in [1.165, 1.54) is 49.7 Å². The molecule has 11 aromatic rings. The van der Waals surface area contributed by atoms with Gasteiger partial charge in [0.1, 0.15) is 11.2 Å². The van der Waals surface area contributed by atoms with Gasteiger partial charge in [-0.2, -0.15) is 0 Å². The van der Waals surface area contributed by atoms with Gasteiger partial charge in [-0.15, -0.1) is 0 Å². The summed E-state index contributed by atoms with van der Waals surface area (Å²) < 4.78 is 8.89. The average Bonchev–Trinajstić information content (AvgIpc) is 3.93. The standard InChI is InChI=1S/C57H40N2O/c1-57(2)46-26-11-6-23-44(46)55-43(25-16-27-47(55)57)40-21-8-13-29-49(40)59(48-28-12-7-20-39(48)37-34-35-42-41-22-10-15-33-53(41)60-54(42)36-37)52-32-17-31-51-56(52)45-24-9-14-30-50(45)58(51)38-18-4-3-5-19-38/h3-36H,1-2H3. The Labute approximate surface area is 349 Å². The minimum absolute atomic E-state index is 0.122. The molecule has 1 aliphatic carbocycles. The number of nitrogens with zero attached hydrogens (tertiary/aromatic N) is 2. The summed E-state index contributed by atoms with van der Waals surface area (Å²) in [6, 6.07) is 75.0. The quantitative estimate of drug-likeness (QED) is 0.168. The maximum Gasteiger partial charge on any atom is 0.136 e. The Hall–Kier alpha value is -7.62. The Balaban J connectivity index is 1.17. The molecule has 0 radical (unpaired) electrons. The van der Waals surface area contributed by atoms with Crippen molar-refractivity contribution in [3.63, 3.8) is 0 Å². The predicted molar refractivity (Wildman–Crippen MR) is 251 cm³/mol. The zero-order valence-electron chi connectivity index (χ0n) is 33.4.